The second-order valence-electron chi connectivity index (χ2n) is 4.25. The molecular formula is C10H20N3NaO2. The van der Waals surface area contributed by atoms with Crippen LogP contribution >= 0.6 is 0 Å². The number of hydrogen-bond donors (Lipinski definition) is 0. The summed E-state index contributed by atoms with van der Waals surface area (Å²) in [5.74, 6) is -0.987. The zero-order chi connectivity index (χ0) is 11.3. The van der Waals surface area contributed by atoms with E-state index in [9.17, 15) is 9.90 Å². The monoisotopic (exact) mass is 237 g/mol. The Morgan fingerprint density at radius 3 is 1.75 bits per heavy atom. The van der Waals surface area contributed by atoms with Crippen LogP contribution in [0.4, 0.5) is 0 Å². The molecule has 5 nitrogen and oxygen atoms in total. The predicted molar refractivity (Wildman–Crippen MR) is 56.4 cm³/mol. The van der Waals surface area contributed by atoms with Gasteiger partial charge in [-0.05, 0) is 14.1 Å². The van der Waals surface area contributed by atoms with Gasteiger partial charge in [-0.2, -0.15) is 0 Å². The van der Waals surface area contributed by atoms with Gasteiger partial charge in [0.05, 0.1) is 5.97 Å². The van der Waals surface area contributed by atoms with Gasteiger partial charge in [0.1, 0.15) is 0 Å². The average molecular weight is 237 g/mol. The van der Waals surface area contributed by atoms with Crippen LogP contribution in [0, 0.1) is 0 Å². The van der Waals surface area contributed by atoms with E-state index in [1.807, 2.05) is 4.90 Å². The van der Waals surface area contributed by atoms with Crippen molar-refractivity contribution in [1.29, 1.82) is 0 Å². The number of rotatable bonds is 2. The summed E-state index contributed by atoms with van der Waals surface area (Å²) in [4.78, 5) is 16.9. The molecule has 1 fully saturated rings. The first-order chi connectivity index (χ1) is 7.08. The van der Waals surface area contributed by atoms with Crippen LogP contribution in [-0.2, 0) is 4.79 Å². The van der Waals surface area contributed by atoms with Gasteiger partial charge >= 0.3 is 29.6 Å². The molecule has 1 aliphatic rings. The summed E-state index contributed by atoms with van der Waals surface area (Å²) in [6, 6.07) is 0. The molecule has 6 heteroatoms. The minimum Gasteiger partial charge on any atom is -0.549 e. The normalized spacial score (nSPS) is 21.6. The Balaban J connectivity index is 0.00000225. The van der Waals surface area contributed by atoms with E-state index in [0.717, 1.165) is 39.3 Å². The van der Waals surface area contributed by atoms with Crippen molar-refractivity contribution in [2.24, 2.45) is 0 Å². The van der Waals surface area contributed by atoms with Crippen molar-refractivity contribution in [3.63, 3.8) is 0 Å². The van der Waals surface area contributed by atoms with E-state index in [4.69, 9.17) is 0 Å². The van der Waals surface area contributed by atoms with Crippen molar-refractivity contribution >= 4 is 5.97 Å². The Bertz CT molecular complexity index is 202. The third-order valence-electron chi connectivity index (χ3n) is 2.81. The van der Waals surface area contributed by atoms with Crippen LogP contribution in [0.1, 0.15) is 0 Å². The number of carboxylic acids is 1. The molecule has 0 aromatic heterocycles. The SMILES string of the molecule is CN1CCN(C)CCN(CC(=O)[O-])CC1.[Na+]. The van der Waals surface area contributed by atoms with Crippen LogP contribution in [-0.4, -0.2) is 80.6 Å². The summed E-state index contributed by atoms with van der Waals surface area (Å²) < 4.78 is 0. The molecule has 0 spiro atoms. The number of carbonyl (C=O) groups is 1. The molecular weight excluding hydrogens is 217 g/mol. The number of likely N-dealkylation sites (N-methyl/N-ethyl adjacent to an activating group) is 2. The van der Waals surface area contributed by atoms with Crippen molar-refractivity contribution in [3.8, 4) is 0 Å². The molecule has 0 radical (unpaired) electrons. The largest absolute Gasteiger partial charge is 1.00 e. The summed E-state index contributed by atoms with van der Waals surface area (Å²) in [5.41, 5.74) is 0. The standard InChI is InChI=1S/C10H21N3O2.Na/c1-11-3-4-12(2)6-8-13(7-5-11)9-10(14)15;/h3-9H2,1-2H3,(H,14,15);/q;+1/p-1. The van der Waals surface area contributed by atoms with Crippen LogP contribution in [0.3, 0.4) is 0 Å². The van der Waals surface area contributed by atoms with Crippen molar-refractivity contribution in [2.75, 3.05) is 59.9 Å². The van der Waals surface area contributed by atoms with E-state index < -0.39 is 5.97 Å². The topological polar surface area (TPSA) is 49.8 Å². The fraction of sp³-hybridized carbons (Fsp3) is 0.900. The van der Waals surface area contributed by atoms with Crippen LogP contribution < -0.4 is 34.7 Å². The summed E-state index contributed by atoms with van der Waals surface area (Å²) in [6.07, 6.45) is 0. The van der Waals surface area contributed by atoms with E-state index in [-0.39, 0.29) is 36.1 Å². The van der Waals surface area contributed by atoms with Gasteiger partial charge in [-0.25, -0.2) is 0 Å². The van der Waals surface area contributed by atoms with Crippen LogP contribution in [0.5, 0.6) is 0 Å². The number of carboxylic acid groups (broad SMARTS) is 1. The van der Waals surface area contributed by atoms with Gasteiger partial charge in [0.25, 0.3) is 0 Å². The van der Waals surface area contributed by atoms with Crippen molar-refractivity contribution < 1.29 is 39.5 Å². The van der Waals surface area contributed by atoms with Crippen LogP contribution in [0.15, 0.2) is 0 Å². The molecule has 0 bridgehead atoms. The molecule has 1 heterocycles. The van der Waals surface area contributed by atoms with Gasteiger partial charge in [-0.15, -0.1) is 0 Å². The summed E-state index contributed by atoms with van der Waals surface area (Å²) >= 11 is 0. The van der Waals surface area contributed by atoms with E-state index in [2.05, 4.69) is 23.9 Å². The quantitative estimate of drug-likeness (QED) is 0.450. The Morgan fingerprint density at radius 1 is 1.00 bits per heavy atom. The second kappa shape index (κ2) is 8.44. The average Bonchev–Trinajstić information content (AvgIpc) is 2.23. The Hall–Kier alpha value is 0.350. The zero-order valence-corrected chi connectivity index (χ0v) is 12.6. The minimum atomic E-state index is -0.987. The maximum absolute atomic E-state index is 10.5. The molecule has 1 saturated heterocycles. The molecule has 0 saturated carbocycles. The fourth-order valence-corrected chi connectivity index (χ4v) is 1.64. The molecule has 0 atom stereocenters. The van der Waals surface area contributed by atoms with Crippen molar-refractivity contribution in [3.05, 3.63) is 0 Å². The Morgan fingerprint density at radius 2 is 1.38 bits per heavy atom. The molecule has 88 valence electrons. The van der Waals surface area contributed by atoms with E-state index in [1.165, 1.54) is 0 Å². The Labute approximate surface area is 120 Å². The maximum atomic E-state index is 10.5. The number of nitrogens with zero attached hydrogens (tertiary/aromatic N) is 3. The second-order valence-corrected chi connectivity index (χ2v) is 4.25. The molecule has 0 aromatic rings. The van der Waals surface area contributed by atoms with E-state index >= 15 is 0 Å². The molecule has 1 rings (SSSR count). The third-order valence-corrected chi connectivity index (χ3v) is 2.81. The summed E-state index contributed by atoms with van der Waals surface area (Å²) in [5, 5.41) is 10.5. The van der Waals surface area contributed by atoms with Gasteiger partial charge in [0.2, 0.25) is 0 Å². The summed E-state index contributed by atoms with van der Waals surface area (Å²) in [7, 11) is 4.13. The Kier molecular flexibility index (Phi) is 8.63. The van der Waals surface area contributed by atoms with Crippen LogP contribution in [0.2, 0.25) is 0 Å². The first-order valence-corrected chi connectivity index (χ1v) is 5.37. The molecule has 0 unspecified atom stereocenters. The van der Waals surface area contributed by atoms with Gasteiger partial charge in [-0.3, -0.25) is 4.90 Å². The van der Waals surface area contributed by atoms with Gasteiger partial charge in [0, 0.05) is 45.8 Å². The molecule has 0 aromatic carbocycles. The molecule has 0 amide bonds. The zero-order valence-electron chi connectivity index (χ0n) is 10.6. The van der Waals surface area contributed by atoms with Gasteiger partial charge in [0.15, 0.2) is 0 Å². The predicted octanol–water partition coefficient (Wildman–Crippen LogP) is -5.08. The molecule has 16 heavy (non-hydrogen) atoms. The molecule has 0 aliphatic carbocycles. The molecule has 0 N–H and O–H groups in total. The molecule has 1 aliphatic heterocycles. The maximum Gasteiger partial charge on any atom is 1.00 e. The number of carbonyl (C=O) groups excluding carboxylic acids is 1. The smallest absolute Gasteiger partial charge is 0.549 e. The van der Waals surface area contributed by atoms with Crippen molar-refractivity contribution in [1.82, 2.24) is 14.7 Å². The fourth-order valence-electron chi connectivity index (χ4n) is 1.64. The number of aliphatic carboxylic acids is 1. The first kappa shape index (κ1) is 16.4. The third kappa shape index (κ3) is 6.83. The van der Waals surface area contributed by atoms with Crippen molar-refractivity contribution in [2.45, 2.75) is 0 Å². The summed E-state index contributed by atoms with van der Waals surface area (Å²) in [6.45, 7) is 5.56. The van der Waals surface area contributed by atoms with E-state index in [0.29, 0.717) is 0 Å². The minimum absolute atomic E-state index is 0. The van der Waals surface area contributed by atoms with Crippen LogP contribution in [0.25, 0.3) is 0 Å². The van der Waals surface area contributed by atoms with E-state index in [1.54, 1.807) is 0 Å². The number of hydrogen-bond acceptors (Lipinski definition) is 5. The van der Waals surface area contributed by atoms with Gasteiger partial charge < -0.3 is 19.7 Å². The van der Waals surface area contributed by atoms with Gasteiger partial charge in [-0.1, -0.05) is 0 Å². The first-order valence-electron chi connectivity index (χ1n) is 5.37.